The van der Waals surface area contributed by atoms with E-state index >= 15 is 0 Å². The van der Waals surface area contributed by atoms with Crippen molar-refractivity contribution in [2.45, 2.75) is 25.0 Å². The van der Waals surface area contributed by atoms with E-state index < -0.39 is 0 Å². The van der Waals surface area contributed by atoms with Crippen molar-refractivity contribution in [3.8, 4) is 0 Å². The Morgan fingerprint density at radius 2 is 2.29 bits per heavy atom. The van der Waals surface area contributed by atoms with Crippen molar-refractivity contribution in [1.82, 2.24) is 9.69 Å². The molecule has 1 amide bonds. The minimum absolute atomic E-state index is 0.207. The molecule has 0 atom stereocenters. The highest BCUT2D eigenvalue weighted by atomic mass is 32.1. The number of anilines is 2. The normalized spacial score (nSPS) is 22.9. The second kappa shape index (κ2) is 4.89. The number of amides is 1. The number of ether oxygens (including phenoxy) is 1. The van der Waals surface area contributed by atoms with Gasteiger partial charge in [0.2, 0.25) is 0 Å². The summed E-state index contributed by atoms with van der Waals surface area (Å²) < 4.78 is 9.20. The molecule has 1 saturated carbocycles. The molecule has 7 heteroatoms. The third kappa shape index (κ3) is 2.34. The van der Waals surface area contributed by atoms with Gasteiger partial charge in [-0.1, -0.05) is 0 Å². The van der Waals surface area contributed by atoms with Crippen molar-refractivity contribution >= 4 is 28.3 Å². The van der Waals surface area contributed by atoms with Crippen LogP contribution >= 0.6 is 11.5 Å². The smallest absolute Gasteiger partial charge is 0.257 e. The van der Waals surface area contributed by atoms with Crippen LogP contribution in [0.3, 0.4) is 0 Å². The Morgan fingerprint density at radius 1 is 1.59 bits per heavy atom. The van der Waals surface area contributed by atoms with Crippen molar-refractivity contribution in [1.29, 1.82) is 0 Å². The van der Waals surface area contributed by atoms with Crippen LogP contribution in [-0.4, -0.2) is 36.6 Å². The lowest BCUT2D eigenvalue weighted by molar-refractivity contribution is 0.0329. The number of hydrogen-bond acceptors (Lipinski definition) is 6. The van der Waals surface area contributed by atoms with Crippen LogP contribution in [0.5, 0.6) is 0 Å². The van der Waals surface area contributed by atoms with E-state index in [4.69, 9.17) is 10.5 Å². The summed E-state index contributed by atoms with van der Waals surface area (Å²) in [6.07, 6.45) is 2.21. The average Bonchev–Trinajstić information content (AvgIpc) is 2.63. The molecule has 1 fully saturated rings. The largest absolute Gasteiger partial charge is 0.382 e. The number of aromatic nitrogens is 1. The second-order valence-electron chi connectivity index (χ2n) is 4.02. The number of nitrogen functional groups attached to an aromatic ring is 1. The average molecular weight is 256 g/mol. The molecular weight excluding hydrogens is 240 g/mol. The Balaban J connectivity index is 2.04. The van der Waals surface area contributed by atoms with Crippen LogP contribution in [0.2, 0.25) is 0 Å². The topological polar surface area (TPSA) is 89.3 Å². The summed E-state index contributed by atoms with van der Waals surface area (Å²) in [6, 6.07) is 0.336. The zero-order chi connectivity index (χ0) is 12.4. The monoisotopic (exact) mass is 256 g/mol. The molecule has 0 aromatic carbocycles. The van der Waals surface area contributed by atoms with Gasteiger partial charge in [0.25, 0.3) is 5.91 Å². The lowest BCUT2D eigenvalue weighted by Crippen LogP contribution is -2.40. The molecule has 0 spiro atoms. The molecular formula is C10H16N4O2S. The maximum Gasteiger partial charge on any atom is 0.257 e. The van der Waals surface area contributed by atoms with E-state index in [1.807, 2.05) is 0 Å². The van der Waals surface area contributed by atoms with Crippen LogP contribution in [0, 0.1) is 0 Å². The van der Waals surface area contributed by atoms with Gasteiger partial charge < -0.3 is 21.1 Å². The highest BCUT2D eigenvalue weighted by Crippen LogP contribution is 2.32. The third-order valence-corrected chi connectivity index (χ3v) is 3.73. The van der Waals surface area contributed by atoms with Crippen molar-refractivity contribution in [3.05, 3.63) is 5.56 Å². The molecule has 2 rings (SSSR count). The molecule has 0 unspecified atom stereocenters. The summed E-state index contributed by atoms with van der Waals surface area (Å²) in [5.74, 6) is 0.0702. The first-order chi connectivity index (χ1) is 8.15. The van der Waals surface area contributed by atoms with E-state index in [9.17, 15) is 4.79 Å². The fourth-order valence-corrected chi connectivity index (χ4v) is 2.60. The van der Waals surface area contributed by atoms with Gasteiger partial charge in [-0.15, -0.1) is 0 Å². The van der Waals surface area contributed by atoms with Crippen molar-refractivity contribution in [3.63, 3.8) is 0 Å². The van der Waals surface area contributed by atoms with Gasteiger partial charge in [-0.25, -0.2) is 0 Å². The zero-order valence-corrected chi connectivity index (χ0v) is 10.6. The van der Waals surface area contributed by atoms with E-state index in [2.05, 4.69) is 15.0 Å². The molecule has 0 radical (unpaired) electrons. The van der Waals surface area contributed by atoms with Gasteiger partial charge in [0.15, 0.2) is 5.82 Å². The Labute approximate surface area is 104 Å². The number of carbonyl (C=O) groups is 1. The molecule has 1 heterocycles. The van der Waals surface area contributed by atoms with Crippen LogP contribution in [0.4, 0.5) is 10.8 Å². The van der Waals surface area contributed by atoms with Gasteiger partial charge in [0.05, 0.1) is 6.10 Å². The van der Waals surface area contributed by atoms with Gasteiger partial charge in [0.1, 0.15) is 10.6 Å². The Kier molecular flexibility index (Phi) is 3.49. The van der Waals surface area contributed by atoms with E-state index in [1.54, 1.807) is 14.2 Å². The first-order valence-electron chi connectivity index (χ1n) is 5.42. The van der Waals surface area contributed by atoms with E-state index in [0.717, 1.165) is 17.8 Å². The Hall–Kier alpha value is -1.34. The van der Waals surface area contributed by atoms with Gasteiger partial charge in [0, 0.05) is 20.2 Å². The van der Waals surface area contributed by atoms with Crippen LogP contribution < -0.4 is 16.4 Å². The molecule has 0 saturated heterocycles. The SMILES string of the molecule is CNC(=O)c1c(N)nsc1NC1CC(OC)C1. The summed E-state index contributed by atoms with van der Waals surface area (Å²) in [4.78, 5) is 11.6. The van der Waals surface area contributed by atoms with Crippen LogP contribution in [0.25, 0.3) is 0 Å². The number of carbonyl (C=O) groups excluding carboxylic acids is 1. The number of hydrogen-bond donors (Lipinski definition) is 3. The predicted octanol–water partition coefficient (Wildman–Crippen LogP) is 0.674. The highest BCUT2D eigenvalue weighted by molar-refractivity contribution is 7.11. The fourth-order valence-electron chi connectivity index (χ4n) is 1.81. The Bertz CT molecular complexity index is 414. The number of nitrogens with zero attached hydrogens (tertiary/aromatic N) is 1. The third-order valence-electron chi connectivity index (χ3n) is 2.94. The predicted molar refractivity (Wildman–Crippen MR) is 67.4 cm³/mol. The standard InChI is InChI=1S/C10H16N4O2S/c1-12-9(15)7-8(11)14-17-10(7)13-5-3-6(4-5)16-2/h5-6,13H,3-4H2,1-2H3,(H2,11,14)(H,12,15). The van der Waals surface area contributed by atoms with Crippen molar-refractivity contribution in [2.24, 2.45) is 0 Å². The number of methoxy groups -OCH3 is 1. The molecule has 0 bridgehead atoms. The molecule has 6 nitrogen and oxygen atoms in total. The Morgan fingerprint density at radius 3 is 2.88 bits per heavy atom. The summed E-state index contributed by atoms with van der Waals surface area (Å²) in [6.45, 7) is 0. The summed E-state index contributed by atoms with van der Waals surface area (Å²) >= 11 is 1.22. The number of rotatable bonds is 4. The maximum absolute atomic E-state index is 11.6. The maximum atomic E-state index is 11.6. The van der Waals surface area contributed by atoms with Crippen molar-refractivity contribution in [2.75, 3.05) is 25.2 Å². The number of nitrogens with two attached hydrogens (primary N) is 1. The first-order valence-corrected chi connectivity index (χ1v) is 6.19. The summed E-state index contributed by atoms with van der Waals surface area (Å²) in [5, 5.41) is 6.58. The van der Waals surface area contributed by atoms with Gasteiger partial charge in [-0.2, -0.15) is 4.37 Å². The second-order valence-corrected chi connectivity index (χ2v) is 4.79. The van der Waals surface area contributed by atoms with Crippen molar-refractivity contribution < 1.29 is 9.53 Å². The minimum Gasteiger partial charge on any atom is -0.382 e. The fraction of sp³-hybridized carbons (Fsp3) is 0.600. The minimum atomic E-state index is -0.207. The van der Waals surface area contributed by atoms with Gasteiger partial charge in [-0.05, 0) is 24.4 Å². The molecule has 1 aliphatic rings. The first kappa shape index (κ1) is 12.1. The van der Waals surface area contributed by atoms with Crippen LogP contribution in [0.1, 0.15) is 23.2 Å². The molecule has 1 aromatic heterocycles. The van der Waals surface area contributed by atoms with E-state index in [0.29, 0.717) is 17.7 Å². The lowest BCUT2D eigenvalue weighted by Gasteiger charge is -2.34. The quantitative estimate of drug-likeness (QED) is 0.737. The highest BCUT2D eigenvalue weighted by Gasteiger charge is 2.30. The van der Waals surface area contributed by atoms with E-state index in [1.165, 1.54) is 11.5 Å². The molecule has 17 heavy (non-hydrogen) atoms. The molecule has 1 aliphatic carbocycles. The van der Waals surface area contributed by atoms with Crippen LogP contribution in [0.15, 0.2) is 0 Å². The zero-order valence-electron chi connectivity index (χ0n) is 9.82. The van der Waals surface area contributed by atoms with Gasteiger partial charge >= 0.3 is 0 Å². The molecule has 94 valence electrons. The van der Waals surface area contributed by atoms with Gasteiger partial charge in [-0.3, -0.25) is 4.79 Å². The summed E-state index contributed by atoms with van der Waals surface area (Å²) in [5.41, 5.74) is 6.12. The number of nitrogens with one attached hydrogen (secondary N) is 2. The lowest BCUT2D eigenvalue weighted by atomic mass is 9.89. The van der Waals surface area contributed by atoms with E-state index in [-0.39, 0.29) is 11.7 Å². The molecule has 0 aliphatic heterocycles. The molecule has 4 N–H and O–H groups in total. The summed E-state index contributed by atoms with van der Waals surface area (Å²) in [7, 11) is 3.29. The molecule has 1 aromatic rings. The van der Waals surface area contributed by atoms with Crippen LogP contribution in [-0.2, 0) is 4.74 Å².